The Balaban J connectivity index is 2.25. The second kappa shape index (κ2) is 8.23. The van der Waals surface area contributed by atoms with Crippen molar-refractivity contribution in [3.8, 4) is 0 Å². The van der Waals surface area contributed by atoms with Gasteiger partial charge in [-0.2, -0.15) is 0 Å². The number of carbonyl (C=O) groups excluding carboxylic acids is 1. The van der Waals surface area contributed by atoms with E-state index in [0.717, 1.165) is 44.6 Å². The van der Waals surface area contributed by atoms with Crippen LogP contribution in [0.4, 0.5) is 4.79 Å². The summed E-state index contributed by atoms with van der Waals surface area (Å²) >= 11 is 0. The maximum atomic E-state index is 11.8. The van der Waals surface area contributed by atoms with E-state index in [-0.39, 0.29) is 11.7 Å². The molecule has 110 valence electrons. The zero-order valence-corrected chi connectivity index (χ0v) is 12.7. The van der Waals surface area contributed by atoms with Gasteiger partial charge in [0, 0.05) is 6.54 Å². The monoisotopic (exact) mass is 267 g/mol. The molecule has 0 aromatic heterocycles. The van der Waals surface area contributed by atoms with Gasteiger partial charge in [0.05, 0.1) is 0 Å². The Morgan fingerprint density at radius 2 is 1.95 bits per heavy atom. The van der Waals surface area contributed by atoms with Crippen LogP contribution in [-0.2, 0) is 4.74 Å². The Bertz CT molecular complexity index is 287. The molecule has 0 radical (unpaired) electrons. The second-order valence-electron chi connectivity index (χ2n) is 5.50. The van der Waals surface area contributed by atoms with Gasteiger partial charge in [0.1, 0.15) is 5.60 Å². The van der Waals surface area contributed by atoms with Gasteiger partial charge >= 0.3 is 6.09 Å². The van der Waals surface area contributed by atoms with Crippen LogP contribution >= 0.6 is 0 Å². The first kappa shape index (κ1) is 16.1. The fourth-order valence-corrected chi connectivity index (χ4v) is 2.70. The summed E-state index contributed by atoms with van der Waals surface area (Å²) in [5.74, 6) is 0.721. The van der Waals surface area contributed by atoms with Crippen LogP contribution in [0.2, 0.25) is 0 Å². The van der Waals surface area contributed by atoms with Gasteiger partial charge in [0.25, 0.3) is 0 Å². The molecule has 0 saturated carbocycles. The number of nitrogens with one attached hydrogen (secondary N) is 1. The normalized spacial score (nSPS) is 19.2. The molecule has 1 N–H and O–H groups in total. The molecule has 0 saturated heterocycles. The molecule has 19 heavy (non-hydrogen) atoms. The predicted molar refractivity (Wildman–Crippen MR) is 79.2 cm³/mol. The number of hydrogen-bond donors (Lipinski definition) is 1. The number of allylic oxidation sites excluding steroid dienone is 2. The molecule has 0 fully saturated rings. The standard InChI is InChI=1S/C16H29NO2/c1-4-16(5-2,6-3)19-15(18)17-13-12-14-10-8-7-9-11-14/h7-8,14H,4-6,9-13H2,1-3H3,(H,17,18). The molecule has 0 aromatic rings. The second-order valence-corrected chi connectivity index (χ2v) is 5.50. The zero-order chi connectivity index (χ0) is 14.1. The third-order valence-electron chi connectivity index (χ3n) is 4.44. The Hall–Kier alpha value is -0.990. The van der Waals surface area contributed by atoms with Crippen molar-refractivity contribution in [3.63, 3.8) is 0 Å². The highest BCUT2D eigenvalue weighted by atomic mass is 16.6. The molecule has 0 aliphatic heterocycles. The van der Waals surface area contributed by atoms with E-state index in [1.807, 2.05) is 0 Å². The number of ether oxygens (including phenoxy) is 1. The molecule has 1 amide bonds. The van der Waals surface area contributed by atoms with Gasteiger partial charge in [-0.15, -0.1) is 0 Å². The Labute approximate surface area is 117 Å². The first-order valence-electron chi connectivity index (χ1n) is 7.77. The molecule has 1 aliphatic carbocycles. The average Bonchev–Trinajstić information content (AvgIpc) is 2.46. The Kier molecular flexibility index (Phi) is 6.96. The molecule has 0 heterocycles. The molecule has 1 aliphatic rings. The number of rotatable bonds is 7. The fraction of sp³-hybridized carbons (Fsp3) is 0.812. The first-order valence-corrected chi connectivity index (χ1v) is 7.77. The lowest BCUT2D eigenvalue weighted by atomic mass is 9.91. The third-order valence-corrected chi connectivity index (χ3v) is 4.44. The smallest absolute Gasteiger partial charge is 0.407 e. The summed E-state index contributed by atoms with van der Waals surface area (Å²) in [5, 5.41) is 2.90. The van der Waals surface area contributed by atoms with Gasteiger partial charge < -0.3 is 10.1 Å². The van der Waals surface area contributed by atoms with Crippen molar-refractivity contribution in [1.82, 2.24) is 5.32 Å². The highest BCUT2D eigenvalue weighted by Gasteiger charge is 2.28. The predicted octanol–water partition coefficient (Wildman–Crippen LogP) is 4.43. The molecule has 3 nitrogen and oxygen atoms in total. The van der Waals surface area contributed by atoms with Crippen molar-refractivity contribution in [2.45, 2.75) is 71.3 Å². The lowest BCUT2D eigenvalue weighted by Gasteiger charge is -2.30. The van der Waals surface area contributed by atoms with E-state index in [1.54, 1.807) is 0 Å². The van der Waals surface area contributed by atoms with Crippen LogP contribution in [0.25, 0.3) is 0 Å². The van der Waals surface area contributed by atoms with Crippen LogP contribution in [0.15, 0.2) is 12.2 Å². The first-order chi connectivity index (χ1) is 9.15. The van der Waals surface area contributed by atoms with Crippen molar-refractivity contribution in [1.29, 1.82) is 0 Å². The minimum Gasteiger partial charge on any atom is -0.443 e. The van der Waals surface area contributed by atoms with Gasteiger partial charge in [-0.1, -0.05) is 32.9 Å². The van der Waals surface area contributed by atoms with E-state index in [4.69, 9.17) is 4.74 Å². The van der Waals surface area contributed by atoms with Crippen molar-refractivity contribution >= 4 is 6.09 Å². The van der Waals surface area contributed by atoms with Gasteiger partial charge in [-0.05, 0) is 50.9 Å². The van der Waals surface area contributed by atoms with Crippen LogP contribution in [0.5, 0.6) is 0 Å². The van der Waals surface area contributed by atoms with E-state index in [0.29, 0.717) is 0 Å². The van der Waals surface area contributed by atoms with Crippen molar-refractivity contribution < 1.29 is 9.53 Å². The van der Waals surface area contributed by atoms with Crippen molar-refractivity contribution in [2.24, 2.45) is 5.92 Å². The number of amides is 1. The highest BCUT2D eigenvalue weighted by Crippen LogP contribution is 2.24. The minimum atomic E-state index is -0.280. The molecule has 1 unspecified atom stereocenters. The largest absolute Gasteiger partial charge is 0.443 e. The number of hydrogen-bond acceptors (Lipinski definition) is 2. The number of carbonyl (C=O) groups is 1. The van der Waals surface area contributed by atoms with Crippen molar-refractivity contribution in [2.75, 3.05) is 6.54 Å². The molecular formula is C16H29NO2. The van der Waals surface area contributed by atoms with Crippen LogP contribution in [0, 0.1) is 5.92 Å². The van der Waals surface area contributed by atoms with Gasteiger partial charge in [-0.25, -0.2) is 4.79 Å². The maximum Gasteiger partial charge on any atom is 0.407 e. The highest BCUT2D eigenvalue weighted by molar-refractivity contribution is 5.67. The van der Waals surface area contributed by atoms with E-state index in [2.05, 4.69) is 38.2 Å². The summed E-state index contributed by atoms with van der Waals surface area (Å²) in [7, 11) is 0. The number of alkyl carbamates (subject to hydrolysis) is 1. The van der Waals surface area contributed by atoms with Gasteiger partial charge in [0.2, 0.25) is 0 Å². The maximum absolute atomic E-state index is 11.8. The van der Waals surface area contributed by atoms with Crippen molar-refractivity contribution in [3.05, 3.63) is 12.2 Å². The van der Waals surface area contributed by atoms with Gasteiger partial charge in [-0.3, -0.25) is 0 Å². The lowest BCUT2D eigenvalue weighted by molar-refractivity contribution is 0.00156. The summed E-state index contributed by atoms with van der Waals surface area (Å²) in [6, 6.07) is 0. The summed E-state index contributed by atoms with van der Waals surface area (Å²) in [6.07, 6.45) is 11.5. The van der Waals surface area contributed by atoms with Crippen LogP contribution in [0.1, 0.15) is 65.7 Å². The Morgan fingerprint density at radius 3 is 2.47 bits per heavy atom. The van der Waals surface area contributed by atoms with Crippen LogP contribution in [0.3, 0.4) is 0 Å². The molecule has 3 heteroatoms. The summed E-state index contributed by atoms with van der Waals surface area (Å²) < 4.78 is 5.61. The quantitative estimate of drug-likeness (QED) is 0.693. The molecule has 1 atom stereocenters. The molecule has 0 bridgehead atoms. The summed E-state index contributed by atoms with van der Waals surface area (Å²) in [6.45, 7) is 6.96. The van der Waals surface area contributed by atoms with Crippen LogP contribution in [-0.4, -0.2) is 18.2 Å². The third kappa shape index (κ3) is 5.25. The van der Waals surface area contributed by atoms with Crippen LogP contribution < -0.4 is 5.32 Å². The zero-order valence-electron chi connectivity index (χ0n) is 12.7. The molecular weight excluding hydrogens is 238 g/mol. The van der Waals surface area contributed by atoms with E-state index < -0.39 is 0 Å². The fourth-order valence-electron chi connectivity index (χ4n) is 2.70. The summed E-state index contributed by atoms with van der Waals surface area (Å²) in [4.78, 5) is 11.8. The molecule has 0 spiro atoms. The lowest BCUT2D eigenvalue weighted by Crippen LogP contribution is -2.38. The minimum absolute atomic E-state index is 0.253. The molecule has 0 aromatic carbocycles. The average molecular weight is 267 g/mol. The summed E-state index contributed by atoms with van der Waals surface area (Å²) in [5.41, 5.74) is -0.280. The molecule has 1 rings (SSSR count). The van der Waals surface area contributed by atoms with E-state index >= 15 is 0 Å². The van der Waals surface area contributed by atoms with E-state index in [1.165, 1.54) is 12.8 Å². The van der Waals surface area contributed by atoms with Gasteiger partial charge in [0.15, 0.2) is 0 Å². The SMILES string of the molecule is CCC(CC)(CC)OC(=O)NCCC1CC=CCC1. The van der Waals surface area contributed by atoms with E-state index in [9.17, 15) is 4.79 Å². The topological polar surface area (TPSA) is 38.3 Å². The Morgan fingerprint density at radius 1 is 1.26 bits per heavy atom.